The highest BCUT2D eigenvalue weighted by Crippen LogP contribution is 2.32. The summed E-state index contributed by atoms with van der Waals surface area (Å²) < 4.78 is 0. The molecule has 0 aromatic heterocycles. The van der Waals surface area contributed by atoms with E-state index >= 15 is 0 Å². The highest BCUT2D eigenvalue weighted by molar-refractivity contribution is 5.94. The Morgan fingerprint density at radius 1 is 0.917 bits per heavy atom. The number of carbonyl (C=O) groups excluding carboxylic acids is 2. The highest BCUT2D eigenvalue weighted by Gasteiger charge is 2.35. The lowest BCUT2D eigenvalue weighted by Gasteiger charge is -2.27. The predicted octanol–water partition coefficient (Wildman–Crippen LogP) is 2.06. The molecule has 5 heteroatoms. The molecule has 0 atom stereocenters. The van der Waals surface area contributed by atoms with Crippen LogP contribution in [0.1, 0.15) is 48.9 Å². The van der Waals surface area contributed by atoms with Gasteiger partial charge in [-0.3, -0.25) is 9.59 Å². The first-order chi connectivity index (χ1) is 11.6. The van der Waals surface area contributed by atoms with Gasteiger partial charge in [0.15, 0.2) is 0 Å². The van der Waals surface area contributed by atoms with Gasteiger partial charge in [0.1, 0.15) is 0 Å². The summed E-state index contributed by atoms with van der Waals surface area (Å²) >= 11 is 0. The van der Waals surface area contributed by atoms with E-state index in [1.54, 1.807) is 0 Å². The largest absolute Gasteiger partial charge is 0.389 e. The van der Waals surface area contributed by atoms with Gasteiger partial charge in [-0.25, -0.2) is 0 Å². The maximum atomic E-state index is 12.5. The van der Waals surface area contributed by atoms with Gasteiger partial charge in [-0.15, -0.1) is 0 Å². The monoisotopic (exact) mass is 330 g/mol. The Hall–Kier alpha value is -1.88. The zero-order chi connectivity index (χ0) is 17.0. The summed E-state index contributed by atoms with van der Waals surface area (Å²) in [7, 11) is 0. The number of aliphatic hydroxyl groups is 1. The third-order valence-corrected chi connectivity index (χ3v) is 5.17. The molecule has 0 spiro atoms. The first kappa shape index (κ1) is 17.0. The Kier molecular flexibility index (Phi) is 5.19. The van der Waals surface area contributed by atoms with E-state index in [0.29, 0.717) is 31.7 Å². The van der Waals surface area contributed by atoms with E-state index in [1.165, 1.54) is 0 Å². The molecular weight excluding hydrogens is 304 g/mol. The molecule has 1 heterocycles. The van der Waals surface area contributed by atoms with Gasteiger partial charge in [-0.05, 0) is 31.4 Å². The van der Waals surface area contributed by atoms with Crippen molar-refractivity contribution in [3.63, 3.8) is 0 Å². The van der Waals surface area contributed by atoms with Crippen molar-refractivity contribution in [2.24, 2.45) is 0 Å². The van der Waals surface area contributed by atoms with E-state index in [-0.39, 0.29) is 18.2 Å². The molecule has 1 aromatic rings. The summed E-state index contributed by atoms with van der Waals surface area (Å²) in [6, 6.07) is 9.28. The Morgan fingerprint density at radius 2 is 1.54 bits per heavy atom. The molecular formula is C19H26N2O3. The first-order valence-electron chi connectivity index (χ1n) is 8.92. The molecule has 3 rings (SSSR count). The Bertz CT molecular complexity index is 582. The molecule has 5 nitrogen and oxygen atoms in total. The van der Waals surface area contributed by atoms with Crippen LogP contribution < -0.4 is 0 Å². The molecule has 0 unspecified atom stereocenters. The van der Waals surface area contributed by atoms with E-state index in [9.17, 15) is 14.7 Å². The summed E-state index contributed by atoms with van der Waals surface area (Å²) in [6.07, 6.45) is 4.46. The molecule has 130 valence electrons. The van der Waals surface area contributed by atoms with Crippen molar-refractivity contribution in [2.75, 3.05) is 26.2 Å². The number of amides is 2. The average Bonchev–Trinajstić information content (AvgIpc) is 2.87. The van der Waals surface area contributed by atoms with Crippen LogP contribution in [-0.4, -0.2) is 58.5 Å². The van der Waals surface area contributed by atoms with Gasteiger partial charge in [-0.2, -0.15) is 0 Å². The predicted molar refractivity (Wildman–Crippen MR) is 91.6 cm³/mol. The highest BCUT2D eigenvalue weighted by atomic mass is 16.3. The van der Waals surface area contributed by atoms with Gasteiger partial charge >= 0.3 is 0 Å². The summed E-state index contributed by atoms with van der Waals surface area (Å²) in [4.78, 5) is 28.7. The van der Waals surface area contributed by atoms with E-state index in [4.69, 9.17) is 0 Å². The molecule has 0 radical (unpaired) electrons. The van der Waals surface area contributed by atoms with Crippen molar-refractivity contribution in [1.82, 2.24) is 9.80 Å². The SMILES string of the molecule is O=C(CC1(O)CCCC1)N1CCCN(C(=O)c2ccccc2)CC1. The quantitative estimate of drug-likeness (QED) is 0.923. The normalized spacial score (nSPS) is 20.7. The Morgan fingerprint density at radius 3 is 2.25 bits per heavy atom. The van der Waals surface area contributed by atoms with Crippen molar-refractivity contribution >= 4 is 11.8 Å². The molecule has 0 bridgehead atoms. The lowest BCUT2D eigenvalue weighted by Crippen LogP contribution is -2.40. The maximum absolute atomic E-state index is 12.5. The minimum atomic E-state index is -0.803. The fourth-order valence-electron chi connectivity index (χ4n) is 3.74. The number of hydrogen-bond acceptors (Lipinski definition) is 3. The van der Waals surface area contributed by atoms with Crippen molar-refractivity contribution in [2.45, 2.75) is 44.1 Å². The van der Waals surface area contributed by atoms with E-state index in [2.05, 4.69) is 0 Å². The second-order valence-corrected chi connectivity index (χ2v) is 7.00. The fourth-order valence-corrected chi connectivity index (χ4v) is 3.74. The summed E-state index contributed by atoms with van der Waals surface area (Å²) in [5.74, 6) is 0.0488. The van der Waals surface area contributed by atoms with E-state index in [0.717, 1.165) is 32.1 Å². The van der Waals surface area contributed by atoms with Crippen LogP contribution in [-0.2, 0) is 4.79 Å². The molecule has 2 aliphatic rings. The van der Waals surface area contributed by atoms with Crippen LogP contribution in [0.3, 0.4) is 0 Å². The summed E-state index contributed by atoms with van der Waals surface area (Å²) in [5.41, 5.74) is -0.110. The zero-order valence-electron chi connectivity index (χ0n) is 14.1. The van der Waals surface area contributed by atoms with Crippen molar-refractivity contribution < 1.29 is 14.7 Å². The summed E-state index contributed by atoms with van der Waals surface area (Å²) in [5, 5.41) is 10.4. The molecule has 1 saturated carbocycles. The number of carbonyl (C=O) groups is 2. The molecule has 1 aliphatic carbocycles. The standard InChI is InChI=1S/C19H26N2O3/c22-17(15-19(24)9-4-5-10-19)20-11-6-12-21(14-13-20)18(23)16-7-2-1-3-8-16/h1-3,7-8,24H,4-6,9-15H2. The lowest BCUT2D eigenvalue weighted by atomic mass is 9.97. The molecule has 1 aliphatic heterocycles. The molecule has 1 aromatic carbocycles. The topological polar surface area (TPSA) is 60.9 Å². The molecule has 2 amide bonds. The van der Waals surface area contributed by atoms with E-state index < -0.39 is 5.60 Å². The number of rotatable bonds is 3. The Labute approximate surface area is 143 Å². The van der Waals surface area contributed by atoms with Gasteiger partial charge in [-0.1, -0.05) is 31.0 Å². The second-order valence-electron chi connectivity index (χ2n) is 7.00. The van der Waals surface area contributed by atoms with Gasteiger partial charge in [0.2, 0.25) is 5.91 Å². The molecule has 1 N–H and O–H groups in total. The minimum absolute atomic E-state index is 0.0217. The van der Waals surface area contributed by atoms with Gasteiger partial charge in [0.25, 0.3) is 5.91 Å². The Balaban J connectivity index is 1.57. The maximum Gasteiger partial charge on any atom is 0.253 e. The van der Waals surface area contributed by atoms with Gasteiger partial charge in [0, 0.05) is 31.7 Å². The molecule has 1 saturated heterocycles. The van der Waals surface area contributed by atoms with Gasteiger partial charge in [0.05, 0.1) is 12.0 Å². The van der Waals surface area contributed by atoms with Crippen LogP contribution in [0.25, 0.3) is 0 Å². The first-order valence-corrected chi connectivity index (χ1v) is 8.92. The number of nitrogens with zero attached hydrogens (tertiary/aromatic N) is 2. The van der Waals surface area contributed by atoms with Crippen LogP contribution in [0.15, 0.2) is 30.3 Å². The van der Waals surface area contributed by atoms with Crippen molar-refractivity contribution in [3.8, 4) is 0 Å². The minimum Gasteiger partial charge on any atom is -0.389 e. The lowest BCUT2D eigenvalue weighted by molar-refractivity contribution is -0.136. The van der Waals surface area contributed by atoms with E-state index in [1.807, 2.05) is 40.1 Å². The van der Waals surface area contributed by atoms with Crippen molar-refractivity contribution in [3.05, 3.63) is 35.9 Å². The molecule has 24 heavy (non-hydrogen) atoms. The van der Waals surface area contributed by atoms with Crippen LogP contribution in [0.2, 0.25) is 0 Å². The second kappa shape index (κ2) is 7.34. The number of hydrogen-bond donors (Lipinski definition) is 1. The number of benzene rings is 1. The van der Waals surface area contributed by atoms with Crippen molar-refractivity contribution in [1.29, 1.82) is 0 Å². The smallest absolute Gasteiger partial charge is 0.253 e. The van der Waals surface area contributed by atoms with Crippen LogP contribution >= 0.6 is 0 Å². The van der Waals surface area contributed by atoms with Gasteiger partial charge < -0.3 is 14.9 Å². The third kappa shape index (κ3) is 3.96. The zero-order valence-corrected chi connectivity index (χ0v) is 14.1. The van der Waals surface area contributed by atoms with Crippen LogP contribution in [0.5, 0.6) is 0 Å². The fraction of sp³-hybridized carbons (Fsp3) is 0.579. The third-order valence-electron chi connectivity index (χ3n) is 5.17. The summed E-state index contributed by atoms with van der Waals surface area (Å²) in [6.45, 7) is 2.43. The molecule has 2 fully saturated rings. The average molecular weight is 330 g/mol. The van der Waals surface area contributed by atoms with Crippen LogP contribution in [0.4, 0.5) is 0 Å². The van der Waals surface area contributed by atoms with Crippen LogP contribution in [0, 0.1) is 0 Å².